The number of rotatable bonds is 3. The summed E-state index contributed by atoms with van der Waals surface area (Å²) in [6.45, 7) is 10.1. The zero-order valence-electron chi connectivity index (χ0n) is 16.4. The third-order valence-electron chi connectivity index (χ3n) is 5.57. The molecule has 0 N–H and O–H groups in total. The molecule has 4 rings (SSSR count). The van der Waals surface area contributed by atoms with Crippen LogP contribution >= 0.6 is 11.6 Å². The SMILES string of the molecule is CC(C)(C)C1=CC=C(OC[C@@H]2CN3C(=NC4C=CC(Cl)=CC43C)O2)CC=C1. The first-order valence-corrected chi connectivity index (χ1v) is 9.93. The van der Waals surface area contributed by atoms with Crippen LogP contribution in [0.1, 0.15) is 34.1 Å². The average Bonchev–Trinajstić information content (AvgIpc) is 2.98. The highest BCUT2D eigenvalue weighted by Gasteiger charge is 2.51. The van der Waals surface area contributed by atoms with Crippen LogP contribution in [0.2, 0.25) is 0 Å². The van der Waals surface area contributed by atoms with E-state index >= 15 is 0 Å². The van der Waals surface area contributed by atoms with E-state index < -0.39 is 0 Å². The number of allylic oxidation sites excluding steroid dienone is 7. The van der Waals surface area contributed by atoms with Gasteiger partial charge in [-0.2, -0.15) is 0 Å². The summed E-state index contributed by atoms with van der Waals surface area (Å²) < 4.78 is 12.1. The van der Waals surface area contributed by atoms with Crippen molar-refractivity contribution >= 4 is 17.6 Å². The van der Waals surface area contributed by atoms with Gasteiger partial charge in [0.2, 0.25) is 0 Å². The lowest BCUT2D eigenvalue weighted by Gasteiger charge is -2.35. The summed E-state index contributed by atoms with van der Waals surface area (Å²) in [5.41, 5.74) is 1.20. The molecule has 2 heterocycles. The van der Waals surface area contributed by atoms with Gasteiger partial charge in [-0.3, -0.25) is 0 Å². The Morgan fingerprint density at radius 1 is 1.33 bits per heavy atom. The van der Waals surface area contributed by atoms with Crippen molar-refractivity contribution in [3.63, 3.8) is 0 Å². The third kappa shape index (κ3) is 3.47. The zero-order valence-corrected chi connectivity index (χ0v) is 17.2. The molecule has 0 saturated carbocycles. The molecule has 0 spiro atoms. The number of nitrogens with zero attached hydrogens (tertiary/aromatic N) is 2. The van der Waals surface area contributed by atoms with E-state index in [4.69, 9.17) is 26.1 Å². The second kappa shape index (κ2) is 6.59. The van der Waals surface area contributed by atoms with Gasteiger partial charge in [0.25, 0.3) is 6.02 Å². The third-order valence-corrected chi connectivity index (χ3v) is 5.81. The number of hydrogen-bond donors (Lipinski definition) is 0. The van der Waals surface area contributed by atoms with Crippen LogP contribution in [-0.2, 0) is 9.47 Å². The Labute approximate surface area is 166 Å². The lowest BCUT2D eigenvalue weighted by atomic mass is 9.86. The molecule has 4 aliphatic rings. The summed E-state index contributed by atoms with van der Waals surface area (Å²) in [7, 11) is 0. The van der Waals surface area contributed by atoms with E-state index in [1.807, 2.05) is 12.2 Å². The zero-order chi connectivity index (χ0) is 19.2. The fourth-order valence-electron chi connectivity index (χ4n) is 3.86. The van der Waals surface area contributed by atoms with Gasteiger partial charge in [0.05, 0.1) is 17.8 Å². The molecule has 144 valence electrons. The maximum absolute atomic E-state index is 6.23. The molecule has 0 aromatic carbocycles. The molecule has 27 heavy (non-hydrogen) atoms. The Morgan fingerprint density at radius 2 is 2.15 bits per heavy atom. The molecule has 0 aromatic rings. The molecule has 2 aliphatic carbocycles. The molecular weight excluding hydrogens is 360 g/mol. The van der Waals surface area contributed by atoms with Gasteiger partial charge in [0.15, 0.2) is 6.10 Å². The first-order chi connectivity index (χ1) is 12.8. The van der Waals surface area contributed by atoms with Gasteiger partial charge in [0.1, 0.15) is 12.6 Å². The molecule has 0 bridgehead atoms. The molecular formula is C22H27ClN2O2. The van der Waals surface area contributed by atoms with E-state index in [-0.39, 0.29) is 23.1 Å². The number of amidine groups is 1. The summed E-state index contributed by atoms with van der Waals surface area (Å²) in [5, 5.41) is 0.752. The van der Waals surface area contributed by atoms with E-state index in [0.717, 1.165) is 23.8 Å². The van der Waals surface area contributed by atoms with Crippen molar-refractivity contribution < 1.29 is 9.47 Å². The summed E-state index contributed by atoms with van der Waals surface area (Å²) in [6, 6.07) is 0.764. The minimum atomic E-state index is -0.245. The van der Waals surface area contributed by atoms with Crippen LogP contribution in [0.25, 0.3) is 0 Å². The van der Waals surface area contributed by atoms with Crippen molar-refractivity contribution in [1.82, 2.24) is 4.90 Å². The maximum Gasteiger partial charge on any atom is 0.289 e. The molecule has 3 atom stereocenters. The summed E-state index contributed by atoms with van der Waals surface area (Å²) >= 11 is 6.23. The van der Waals surface area contributed by atoms with Gasteiger partial charge in [-0.1, -0.05) is 56.7 Å². The van der Waals surface area contributed by atoms with Gasteiger partial charge < -0.3 is 14.4 Å². The Hall–Kier alpha value is -1.94. The van der Waals surface area contributed by atoms with Crippen LogP contribution in [-0.4, -0.2) is 41.8 Å². The van der Waals surface area contributed by atoms with Crippen LogP contribution in [0.3, 0.4) is 0 Å². The number of hydrogen-bond acceptors (Lipinski definition) is 4. The van der Waals surface area contributed by atoms with Crippen molar-refractivity contribution in [2.24, 2.45) is 10.4 Å². The molecule has 0 radical (unpaired) electrons. The monoisotopic (exact) mass is 386 g/mol. The van der Waals surface area contributed by atoms with Crippen LogP contribution in [0.15, 0.2) is 63.9 Å². The highest BCUT2D eigenvalue weighted by atomic mass is 35.5. The minimum Gasteiger partial charge on any atom is -0.494 e. The highest BCUT2D eigenvalue weighted by Crippen LogP contribution is 2.39. The molecule has 5 heteroatoms. The molecule has 0 aromatic heterocycles. The van der Waals surface area contributed by atoms with Crippen molar-refractivity contribution in [3.05, 3.63) is 58.9 Å². The summed E-state index contributed by atoms with van der Waals surface area (Å²) in [5.74, 6) is 0.968. The quantitative estimate of drug-likeness (QED) is 0.704. The largest absolute Gasteiger partial charge is 0.494 e. The van der Waals surface area contributed by atoms with Crippen molar-refractivity contribution in [2.75, 3.05) is 13.2 Å². The van der Waals surface area contributed by atoms with Gasteiger partial charge in [0, 0.05) is 11.5 Å². The first kappa shape index (κ1) is 18.4. The topological polar surface area (TPSA) is 34.1 Å². The van der Waals surface area contributed by atoms with Crippen LogP contribution < -0.4 is 0 Å². The predicted molar refractivity (Wildman–Crippen MR) is 110 cm³/mol. The number of ether oxygens (including phenoxy) is 2. The summed E-state index contributed by atoms with van der Waals surface area (Å²) in [4.78, 5) is 6.92. The lowest BCUT2D eigenvalue weighted by Crippen LogP contribution is -2.49. The fourth-order valence-corrected chi connectivity index (χ4v) is 4.15. The molecule has 0 amide bonds. The Balaban J connectivity index is 1.39. The second-order valence-electron chi connectivity index (χ2n) is 8.74. The van der Waals surface area contributed by atoms with Crippen molar-refractivity contribution in [3.8, 4) is 0 Å². The smallest absolute Gasteiger partial charge is 0.289 e. The number of aliphatic imine (C=N–C) groups is 1. The Morgan fingerprint density at radius 3 is 2.93 bits per heavy atom. The fraction of sp³-hybridized carbons (Fsp3) is 0.500. The van der Waals surface area contributed by atoms with Crippen LogP contribution in [0.4, 0.5) is 0 Å². The highest BCUT2D eigenvalue weighted by molar-refractivity contribution is 6.31. The standard InChI is InChI=1S/C22H27ClN2O2/c1-21(2,3)15-6-5-7-17(10-8-15)26-14-18-13-25-20(27-18)24-19-11-9-16(23)12-22(19,25)4/h5-6,8-12,18-19H,7,13-14H2,1-4H3/t18-,19?,22?/m0/s1. The van der Waals surface area contributed by atoms with Gasteiger partial charge >= 0.3 is 0 Å². The number of fused-ring (bicyclic) bond motifs is 3. The molecule has 2 aliphatic heterocycles. The average molecular weight is 387 g/mol. The van der Waals surface area contributed by atoms with Crippen molar-refractivity contribution in [2.45, 2.75) is 51.8 Å². The molecule has 2 unspecified atom stereocenters. The van der Waals surface area contributed by atoms with Crippen LogP contribution in [0, 0.1) is 5.41 Å². The molecule has 4 nitrogen and oxygen atoms in total. The van der Waals surface area contributed by atoms with E-state index in [9.17, 15) is 0 Å². The van der Waals surface area contributed by atoms with E-state index in [1.54, 1.807) is 0 Å². The molecule has 1 fully saturated rings. The van der Waals surface area contributed by atoms with Crippen LogP contribution in [0.5, 0.6) is 0 Å². The van der Waals surface area contributed by atoms with E-state index in [1.165, 1.54) is 5.57 Å². The summed E-state index contributed by atoms with van der Waals surface area (Å²) in [6.07, 6.45) is 15.4. The minimum absolute atomic E-state index is 0.0289. The van der Waals surface area contributed by atoms with Gasteiger partial charge in [-0.15, -0.1) is 0 Å². The lowest BCUT2D eigenvalue weighted by molar-refractivity contribution is 0.0951. The Kier molecular flexibility index (Phi) is 4.50. The normalized spacial score (nSPS) is 32.0. The first-order valence-electron chi connectivity index (χ1n) is 9.55. The second-order valence-corrected chi connectivity index (χ2v) is 9.18. The van der Waals surface area contributed by atoms with Crippen molar-refractivity contribution in [1.29, 1.82) is 0 Å². The molecule has 1 saturated heterocycles. The number of halogens is 1. The van der Waals surface area contributed by atoms with E-state index in [0.29, 0.717) is 12.6 Å². The maximum atomic E-state index is 6.23. The Bertz CT molecular complexity index is 813. The van der Waals surface area contributed by atoms with Gasteiger partial charge in [-0.05, 0) is 36.1 Å². The van der Waals surface area contributed by atoms with E-state index in [2.05, 4.69) is 63.0 Å². The predicted octanol–water partition coefficient (Wildman–Crippen LogP) is 4.71. The van der Waals surface area contributed by atoms with Gasteiger partial charge in [-0.25, -0.2) is 4.99 Å².